The first-order chi connectivity index (χ1) is 16.3. The van der Waals surface area contributed by atoms with Crippen LogP contribution in [0.5, 0.6) is 0 Å². The summed E-state index contributed by atoms with van der Waals surface area (Å²) in [6, 6.07) is 15.5. The molecule has 0 aromatic heterocycles. The lowest BCUT2D eigenvalue weighted by atomic mass is 10.2. The average Bonchev–Trinajstić information content (AvgIpc) is 2.79. The molecule has 0 radical (unpaired) electrons. The zero-order chi connectivity index (χ0) is 28.1. The smallest absolute Gasteiger partial charge is 0.367 e. The Balaban J connectivity index is 0.000000362. The summed E-state index contributed by atoms with van der Waals surface area (Å²) in [6.07, 6.45) is -1.39. The van der Waals surface area contributed by atoms with E-state index < -0.39 is 53.4 Å². The van der Waals surface area contributed by atoms with Crippen molar-refractivity contribution >= 4 is 30.4 Å². The van der Waals surface area contributed by atoms with Gasteiger partial charge in [0.15, 0.2) is 0 Å². The predicted molar refractivity (Wildman–Crippen MR) is 128 cm³/mol. The standard InChI is InChI=1S/C10H16O7P2.C8H12O7P2/c1-16-18(12,13)10(11,19(14,15)17-2)8-9-6-4-3-5-7-9;9-8(16(10,11)12,17(13,14)15)6-7-4-2-1-3-5-7/h3-7,11H,8H2,1-2H3,(H,12,13)(H,14,15);1-5,9H,6H2,(H2,10,11,12)(H2,13,14,15). The summed E-state index contributed by atoms with van der Waals surface area (Å²) in [5, 5.41) is 13.5. The molecule has 0 aliphatic rings. The van der Waals surface area contributed by atoms with Crippen LogP contribution in [0.3, 0.4) is 0 Å². The first kappa shape index (κ1) is 33.0. The lowest BCUT2D eigenvalue weighted by Gasteiger charge is -2.32. The lowest BCUT2D eigenvalue weighted by molar-refractivity contribution is 0.117. The van der Waals surface area contributed by atoms with Crippen LogP contribution < -0.4 is 0 Å². The van der Waals surface area contributed by atoms with E-state index in [2.05, 4.69) is 9.05 Å². The molecular weight excluding hydrogens is 564 g/mol. The molecule has 2 rings (SSSR count). The molecule has 2 aromatic rings. The Hall–Kier alpha value is -1.04. The Bertz CT molecular complexity index is 1130. The summed E-state index contributed by atoms with van der Waals surface area (Å²) >= 11 is 0. The number of aliphatic hydroxyl groups is 2. The van der Waals surface area contributed by atoms with Gasteiger partial charge in [-0.2, -0.15) is 0 Å². The van der Waals surface area contributed by atoms with Crippen LogP contribution in [-0.4, -0.2) is 64.0 Å². The van der Waals surface area contributed by atoms with Crippen LogP contribution in [-0.2, 0) is 40.1 Å². The molecule has 0 fully saturated rings. The molecule has 8 N–H and O–H groups in total. The third-order valence-electron chi connectivity index (χ3n) is 4.90. The topological polar surface area (TPSA) is 249 Å². The molecule has 2 unspecified atom stereocenters. The summed E-state index contributed by atoms with van der Waals surface area (Å²) in [5.41, 5.74) is 0.601. The van der Waals surface area contributed by atoms with Crippen LogP contribution in [0.2, 0.25) is 0 Å². The van der Waals surface area contributed by atoms with Crippen molar-refractivity contribution in [2.24, 2.45) is 0 Å². The number of hydrogen-bond acceptors (Lipinski definition) is 8. The summed E-state index contributed by atoms with van der Waals surface area (Å²) in [7, 11) is -18.6. The summed E-state index contributed by atoms with van der Waals surface area (Å²) in [6.45, 7) is 0. The highest BCUT2D eigenvalue weighted by molar-refractivity contribution is 7.73. The molecule has 0 aliphatic carbocycles. The predicted octanol–water partition coefficient (Wildman–Crippen LogP) is 1.77. The lowest BCUT2D eigenvalue weighted by Crippen LogP contribution is -2.32. The van der Waals surface area contributed by atoms with Gasteiger partial charge >= 0.3 is 30.4 Å². The largest absolute Gasteiger partial charge is 0.372 e. The molecule has 2 atom stereocenters. The zero-order valence-corrected chi connectivity index (χ0v) is 22.6. The molecule has 0 saturated heterocycles. The fourth-order valence-electron chi connectivity index (χ4n) is 2.77. The minimum Gasteiger partial charge on any atom is -0.367 e. The molecule has 0 heterocycles. The normalized spacial score (nSPS) is 17.6. The summed E-state index contributed by atoms with van der Waals surface area (Å²) < 4.78 is 54.5. The van der Waals surface area contributed by atoms with E-state index >= 15 is 0 Å². The van der Waals surface area contributed by atoms with Crippen LogP contribution in [0.15, 0.2) is 60.7 Å². The van der Waals surface area contributed by atoms with Gasteiger partial charge in [-0.3, -0.25) is 18.3 Å². The first-order valence-corrected chi connectivity index (χ1v) is 16.1. The molecule has 0 aliphatic heterocycles. The molecule has 0 amide bonds. The Morgan fingerprint density at radius 2 is 0.861 bits per heavy atom. The van der Waals surface area contributed by atoms with Crippen LogP contribution in [0, 0.1) is 0 Å². The minimum absolute atomic E-state index is 0.210. The van der Waals surface area contributed by atoms with Gasteiger partial charge in [-0.15, -0.1) is 0 Å². The molecule has 0 bridgehead atoms. The Labute approximate surface area is 206 Å². The fraction of sp³-hybridized carbons (Fsp3) is 0.333. The fourth-order valence-corrected chi connectivity index (χ4v) is 8.02. The third-order valence-corrected chi connectivity index (χ3v) is 13.3. The van der Waals surface area contributed by atoms with E-state index in [1.165, 1.54) is 36.4 Å². The Morgan fingerprint density at radius 1 is 0.583 bits per heavy atom. The van der Waals surface area contributed by atoms with Crippen molar-refractivity contribution in [3.63, 3.8) is 0 Å². The number of rotatable bonds is 10. The second kappa shape index (κ2) is 12.2. The summed E-state index contributed by atoms with van der Waals surface area (Å²) in [5.74, 6) is 0. The monoisotopic (exact) mass is 592 g/mol. The van der Waals surface area contributed by atoms with Gasteiger partial charge < -0.3 is 48.6 Å². The number of hydrogen-bond donors (Lipinski definition) is 8. The molecule has 18 heteroatoms. The SMILES string of the molecule is COP(=O)(O)C(O)(Cc1ccccc1)P(=O)(O)OC.O=P(O)(O)C(O)(Cc1ccccc1)P(=O)(O)O. The van der Waals surface area contributed by atoms with Crippen molar-refractivity contribution in [1.29, 1.82) is 0 Å². The highest BCUT2D eigenvalue weighted by Gasteiger charge is 2.61. The summed E-state index contributed by atoms with van der Waals surface area (Å²) in [4.78, 5) is 54.9. The molecule has 2 aromatic carbocycles. The number of benzene rings is 2. The van der Waals surface area contributed by atoms with Crippen molar-refractivity contribution in [1.82, 2.24) is 0 Å². The van der Waals surface area contributed by atoms with E-state index in [-0.39, 0.29) is 5.56 Å². The average molecular weight is 592 g/mol. The van der Waals surface area contributed by atoms with Crippen molar-refractivity contribution in [2.75, 3.05) is 14.2 Å². The maximum atomic E-state index is 11.9. The van der Waals surface area contributed by atoms with Gasteiger partial charge in [0.25, 0.3) is 10.2 Å². The van der Waals surface area contributed by atoms with Gasteiger partial charge in [-0.1, -0.05) is 60.7 Å². The van der Waals surface area contributed by atoms with E-state index in [0.717, 1.165) is 14.2 Å². The van der Waals surface area contributed by atoms with Crippen LogP contribution in [0.1, 0.15) is 11.1 Å². The molecular formula is C18H28O14P4. The van der Waals surface area contributed by atoms with E-state index in [0.29, 0.717) is 5.56 Å². The Morgan fingerprint density at radius 3 is 1.11 bits per heavy atom. The minimum atomic E-state index is -5.38. The second-order valence-corrected chi connectivity index (χ2v) is 16.0. The Kier molecular flexibility index (Phi) is 11.2. The van der Waals surface area contributed by atoms with Crippen LogP contribution in [0.4, 0.5) is 0 Å². The molecule has 0 spiro atoms. The highest BCUT2D eigenvalue weighted by Crippen LogP contribution is 2.72. The van der Waals surface area contributed by atoms with Gasteiger partial charge in [0, 0.05) is 27.1 Å². The zero-order valence-electron chi connectivity index (χ0n) is 19.0. The maximum Gasteiger partial charge on any atom is 0.372 e. The quantitative estimate of drug-likeness (QED) is 0.183. The highest BCUT2D eigenvalue weighted by atomic mass is 31.2. The van der Waals surface area contributed by atoms with Crippen molar-refractivity contribution in [3.8, 4) is 0 Å². The first-order valence-electron chi connectivity index (χ1n) is 9.69. The van der Waals surface area contributed by atoms with Crippen LogP contribution in [0.25, 0.3) is 0 Å². The maximum absolute atomic E-state index is 11.9. The van der Waals surface area contributed by atoms with E-state index in [1.807, 2.05) is 0 Å². The van der Waals surface area contributed by atoms with Crippen molar-refractivity contribution in [2.45, 2.75) is 23.0 Å². The molecule has 14 nitrogen and oxygen atoms in total. The van der Waals surface area contributed by atoms with E-state index in [9.17, 15) is 38.3 Å². The van der Waals surface area contributed by atoms with Gasteiger partial charge in [-0.05, 0) is 11.1 Å². The van der Waals surface area contributed by atoms with Crippen molar-refractivity contribution < 1.29 is 66.9 Å². The van der Waals surface area contributed by atoms with E-state index in [4.69, 9.17) is 19.6 Å². The molecule has 0 saturated carbocycles. The van der Waals surface area contributed by atoms with Gasteiger partial charge in [0.05, 0.1) is 0 Å². The van der Waals surface area contributed by atoms with Gasteiger partial charge in [0.2, 0.25) is 0 Å². The molecule has 36 heavy (non-hydrogen) atoms. The second-order valence-electron chi connectivity index (χ2n) is 7.37. The van der Waals surface area contributed by atoms with Crippen molar-refractivity contribution in [3.05, 3.63) is 71.8 Å². The third kappa shape index (κ3) is 7.51. The van der Waals surface area contributed by atoms with E-state index in [1.54, 1.807) is 24.3 Å². The van der Waals surface area contributed by atoms with Crippen LogP contribution >= 0.6 is 30.4 Å². The van der Waals surface area contributed by atoms with Gasteiger partial charge in [-0.25, -0.2) is 0 Å². The van der Waals surface area contributed by atoms with Gasteiger partial charge in [0.1, 0.15) is 0 Å². The molecule has 204 valence electrons.